The minimum atomic E-state index is -0.347. The Morgan fingerprint density at radius 2 is 1.95 bits per heavy atom. The lowest BCUT2D eigenvalue weighted by atomic mass is 9.97. The molecule has 0 bridgehead atoms. The molecule has 1 unspecified atom stereocenters. The van der Waals surface area contributed by atoms with Gasteiger partial charge in [0, 0.05) is 4.47 Å². The highest BCUT2D eigenvalue weighted by atomic mass is 79.9. The van der Waals surface area contributed by atoms with E-state index >= 15 is 0 Å². The summed E-state index contributed by atoms with van der Waals surface area (Å²) in [6, 6.07) is 9.20. The Morgan fingerprint density at radius 1 is 1.20 bits per heavy atom. The summed E-state index contributed by atoms with van der Waals surface area (Å²) in [5.41, 5.74) is 4.65. The van der Waals surface area contributed by atoms with Crippen LogP contribution in [0.1, 0.15) is 22.7 Å². The second-order valence-electron chi connectivity index (χ2n) is 4.72. The van der Waals surface area contributed by atoms with Crippen LogP contribution in [0.15, 0.2) is 40.9 Å². The molecular formula is C15H15BrF2N2. The second-order valence-corrected chi connectivity index (χ2v) is 5.64. The van der Waals surface area contributed by atoms with Gasteiger partial charge < -0.3 is 0 Å². The molecule has 2 rings (SSSR count). The Kier molecular flexibility index (Phi) is 4.86. The molecule has 106 valence electrons. The number of rotatable bonds is 4. The van der Waals surface area contributed by atoms with Crippen molar-refractivity contribution in [1.29, 1.82) is 0 Å². The van der Waals surface area contributed by atoms with Crippen molar-refractivity contribution < 1.29 is 8.78 Å². The maximum absolute atomic E-state index is 13.8. The first-order valence-corrected chi connectivity index (χ1v) is 6.96. The van der Waals surface area contributed by atoms with E-state index < -0.39 is 0 Å². The largest absolute Gasteiger partial charge is 0.271 e. The van der Waals surface area contributed by atoms with Crippen LogP contribution < -0.4 is 11.3 Å². The van der Waals surface area contributed by atoms with Crippen LogP contribution in [0.4, 0.5) is 8.78 Å². The first kappa shape index (κ1) is 15.1. The number of benzene rings is 2. The lowest BCUT2D eigenvalue weighted by Crippen LogP contribution is -2.30. The van der Waals surface area contributed by atoms with Crippen LogP contribution >= 0.6 is 15.9 Å². The van der Waals surface area contributed by atoms with Crippen LogP contribution in [0.5, 0.6) is 0 Å². The van der Waals surface area contributed by atoms with Crippen molar-refractivity contribution in [1.82, 2.24) is 5.43 Å². The van der Waals surface area contributed by atoms with Crippen molar-refractivity contribution in [2.45, 2.75) is 19.4 Å². The van der Waals surface area contributed by atoms with Crippen LogP contribution in [0.2, 0.25) is 0 Å². The van der Waals surface area contributed by atoms with Gasteiger partial charge in [-0.3, -0.25) is 11.3 Å². The molecule has 0 saturated carbocycles. The highest BCUT2D eigenvalue weighted by Gasteiger charge is 2.14. The van der Waals surface area contributed by atoms with Gasteiger partial charge in [-0.1, -0.05) is 28.1 Å². The van der Waals surface area contributed by atoms with E-state index in [4.69, 9.17) is 5.84 Å². The quantitative estimate of drug-likeness (QED) is 0.656. The third kappa shape index (κ3) is 3.62. The number of hydrazine groups is 1. The SMILES string of the molecule is Cc1cc(F)cc(C(Cc2ccc(Br)cc2F)NN)c1. The Bertz CT molecular complexity index is 597. The number of hydrogen-bond acceptors (Lipinski definition) is 2. The summed E-state index contributed by atoms with van der Waals surface area (Å²) in [7, 11) is 0. The molecule has 2 aromatic carbocycles. The summed E-state index contributed by atoms with van der Waals surface area (Å²) in [4.78, 5) is 0. The molecule has 0 fully saturated rings. The van der Waals surface area contributed by atoms with Crippen molar-refractivity contribution in [2.75, 3.05) is 0 Å². The molecule has 0 radical (unpaired) electrons. The standard InChI is InChI=1S/C15H15BrF2N2/c1-9-4-11(6-13(17)5-9)15(20-19)7-10-2-3-12(16)8-14(10)18/h2-6,8,15,20H,7,19H2,1H3. The number of aryl methyl sites for hydroxylation is 1. The van der Waals surface area contributed by atoms with Crippen molar-refractivity contribution in [3.8, 4) is 0 Å². The average Bonchev–Trinajstić information content (AvgIpc) is 2.36. The summed E-state index contributed by atoms with van der Waals surface area (Å²) in [5.74, 6) is 4.89. The molecule has 0 spiro atoms. The van der Waals surface area contributed by atoms with Crippen molar-refractivity contribution in [3.63, 3.8) is 0 Å². The Hall–Kier alpha value is -1.30. The molecule has 20 heavy (non-hydrogen) atoms. The third-order valence-electron chi connectivity index (χ3n) is 3.11. The van der Waals surface area contributed by atoms with Gasteiger partial charge in [-0.15, -0.1) is 0 Å². The molecule has 0 saturated heterocycles. The highest BCUT2D eigenvalue weighted by molar-refractivity contribution is 9.10. The molecule has 0 aliphatic carbocycles. The summed E-state index contributed by atoms with van der Waals surface area (Å²) in [6.45, 7) is 1.81. The predicted molar refractivity (Wildman–Crippen MR) is 79.0 cm³/mol. The van der Waals surface area contributed by atoms with Gasteiger partial charge in [0.1, 0.15) is 11.6 Å². The van der Waals surface area contributed by atoms with E-state index in [1.54, 1.807) is 19.1 Å². The minimum Gasteiger partial charge on any atom is -0.271 e. The molecule has 5 heteroatoms. The maximum Gasteiger partial charge on any atom is 0.127 e. The van der Waals surface area contributed by atoms with Crippen LogP contribution in [-0.2, 0) is 6.42 Å². The first-order valence-electron chi connectivity index (χ1n) is 6.16. The average molecular weight is 341 g/mol. The van der Waals surface area contributed by atoms with Crippen molar-refractivity contribution in [3.05, 3.63) is 69.2 Å². The Labute approximate surface area is 125 Å². The predicted octanol–water partition coefficient (Wildman–Crippen LogP) is 3.78. The van der Waals surface area contributed by atoms with Gasteiger partial charge in [0.05, 0.1) is 6.04 Å². The monoisotopic (exact) mass is 340 g/mol. The molecule has 0 aromatic heterocycles. The molecule has 0 aliphatic heterocycles. The van der Waals surface area contributed by atoms with Crippen molar-refractivity contribution >= 4 is 15.9 Å². The zero-order valence-corrected chi connectivity index (χ0v) is 12.5. The van der Waals surface area contributed by atoms with Gasteiger partial charge in [-0.25, -0.2) is 8.78 Å². The van der Waals surface area contributed by atoms with Gasteiger partial charge >= 0.3 is 0 Å². The fraction of sp³-hybridized carbons (Fsp3) is 0.200. The molecule has 0 aliphatic rings. The van der Waals surface area contributed by atoms with E-state index in [1.165, 1.54) is 18.2 Å². The number of nitrogens with one attached hydrogen (secondary N) is 1. The molecule has 2 aromatic rings. The zero-order valence-electron chi connectivity index (χ0n) is 11.0. The third-order valence-corrected chi connectivity index (χ3v) is 3.60. The van der Waals surface area contributed by atoms with Crippen LogP contribution in [0, 0.1) is 18.6 Å². The molecule has 1 atom stereocenters. The van der Waals surface area contributed by atoms with E-state index in [0.29, 0.717) is 22.0 Å². The molecule has 0 amide bonds. The van der Waals surface area contributed by atoms with Gasteiger partial charge in [-0.05, 0) is 54.3 Å². The van der Waals surface area contributed by atoms with E-state index in [9.17, 15) is 8.78 Å². The number of nitrogens with two attached hydrogens (primary N) is 1. The Morgan fingerprint density at radius 3 is 2.55 bits per heavy atom. The van der Waals surface area contributed by atoms with Gasteiger partial charge in [0.2, 0.25) is 0 Å². The minimum absolute atomic E-state index is 0.312. The van der Waals surface area contributed by atoms with E-state index in [-0.39, 0.29) is 17.7 Å². The van der Waals surface area contributed by atoms with E-state index in [1.807, 2.05) is 6.07 Å². The fourth-order valence-electron chi connectivity index (χ4n) is 2.15. The summed E-state index contributed by atoms with van der Waals surface area (Å²) < 4.78 is 28.0. The summed E-state index contributed by atoms with van der Waals surface area (Å²) >= 11 is 3.21. The topological polar surface area (TPSA) is 38.0 Å². The Balaban J connectivity index is 2.28. The van der Waals surface area contributed by atoms with Gasteiger partial charge in [0.15, 0.2) is 0 Å². The van der Waals surface area contributed by atoms with Crippen molar-refractivity contribution in [2.24, 2.45) is 5.84 Å². The lowest BCUT2D eigenvalue weighted by Gasteiger charge is -2.17. The van der Waals surface area contributed by atoms with Crippen LogP contribution in [0.25, 0.3) is 0 Å². The lowest BCUT2D eigenvalue weighted by molar-refractivity contribution is 0.524. The molecule has 3 N–H and O–H groups in total. The fourth-order valence-corrected chi connectivity index (χ4v) is 2.48. The molecular weight excluding hydrogens is 326 g/mol. The zero-order chi connectivity index (χ0) is 14.7. The molecule has 2 nitrogen and oxygen atoms in total. The van der Waals surface area contributed by atoms with E-state index in [2.05, 4.69) is 21.4 Å². The normalized spacial score (nSPS) is 12.4. The van der Waals surface area contributed by atoms with Gasteiger partial charge in [0.25, 0.3) is 0 Å². The smallest absolute Gasteiger partial charge is 0.127 e. The maximum atomic E-state index is 13.8. The van der Waals surface area contributed by atoms with Gasteiger partial charge in [-0.2, -0.15) is 0 Å². The summed E-state index contributed by atoms with van der Waals surface area (Å²) in [5, 5.41) is 0. The highest BCUT2D eigenvalue weighted by Crippen LogP contribution is 2.23. The first-order chi connectivity index (χ1) is 9.49. The number of hydrogen-bond donors (Lipinski definition) is 2. The summed E-state index contributed by atoms with van der Waals surface area (Å²) in [6.07, 6.45) is 0.346. The number of halogens is 3. The second kappa shape index (κ2) is 6.43. The van der Waals surface area contributed by atoms with Crippen LogP contribution in [-0.4, -0.2) is 0 Å². The van der Waals surface area contributed by atoms with E-state index in [0.717, 1.165) is 5.56 Å². The molecule has 0 heterocycles. The van der Waals surface area contributed by atoms with Crippen LogP contribution in [0.3, 0.4) is 0 Å².